The first-order valence-corrected chi connectivity index (χ1v) is 9.61. The molecule has 1 amide bonds. The Kier molecular flexibility index (Phi) is 5.22. The molecule has 0 unspecified atom stereocenters. The molecule has 2 aromatic rings. The maximum Gasteiger partial charge on any atom is 0.276 e. The van der Waals surface area contributed by atoms with Gasteiger partial charge < -0.3 is 14.3 Å². The quantitative estimate of drug-likeness (QED) is 0.807. The van der Waals surface area contributed by atoms with Gasteiger partial charge in [0.2, 0.25) is 0 Å². The van der Waals surface area contributed by atoms with Crippen LogP contribution in [0.15, 0.2) is 34.9 Å². The minimum atomic E-state index is -0.267. The number of likely N-dealkylation sites (N-methyl/N-ethyl adjacent to an activating group) is 1. The first kappa shape index (κ1) is 18.1. The summed E-state index contributed by atoms with van der Waals surface area (Å²) in [5.41, 5.74) is 1.30. The second-order valence-corrected chi connectivity index (χ2v) is 7.24. The van der Waals surface area contributed by atoms with Crippen LogP contribution < -0.4 is 0 Å². The van der Waals surface area contributed by atoms with Crippen molar-refractivity contribution in [2.24, 2.45) is 0 Å². The van der Waals surface area contributed by atoms with Crippen molar-refractivity contribution in [1.82, 2.24) is 19.9 Å². The zero-order valence-electron chi connectivity index (χ0n) is 15.6. The van der Waals surface area contributed by atoms with Gasteiger partial charge in [0.25, 0.3) is 5.91 Å². The third-order valence-corrected chi connectivity index (χ3v) is 5.60. The Morgan fingerprint density at radius 1 is 1.15 bits per heavy atom. The molecule has 3 heterocycles. The van der Waals surface area contributed by atoms with Crippen molar-refractivity contribution in [1.29, 1.82) is 0 Å². The van der Waals surface area contributed by atoms with Gasteiger partial charge in [0.15, 0.2) is 11.5 Å². The summed E-state index contributed by atoms with van der Waals surface area (Å²) in [5, 5.41) is 3.99. The number of amides is 1. The Balaban J connectivity index is 1.36. The molecule has 7 heteroatoms. The van der Waals surface area contributed by atoms with Crippen LogP contribution >= 0.6 is 0 Å². The van der Waals surface area contributed by atoms with Gasteiger partial charge in [-0.05, 0) is 30.7 Å². The van der Waals surface area contributed by atoms with Crippen molar-refractivity contribution in [3.63, 3.8) is 0 Å². The van der Waals surface area contributed by atoms with Crippen LogP contribution in [0.25, 0.3) is 0 Å². The fourth-order valence-corrected chi connectivity index (χ4v) is 3.78. The molecule has 1 atom stereocenters. The van der Waals surface area contributed by atoms with E-state index >= 15 is 0 Å². The van der Waals surface area contributed by atoms with E-state index in [4.69, 9.17) is 4.52 Å². The lowest BCUT2D eigenvalue weighted by Gasteiger charge is -2.40. The van der Waals surface area contributed by atoms with Gasteiger partial charge in [-0.1, -0.05) is 24.2 Å². The van der Waals surface area contributed by atoms with Crippen molar-refractivity contribution in [2.45, 2.75) is 25.9 Å². The van der Waals surface area contributed by atoms with E-state index in [2.05, 4.69) is 21.9 Å². The average molecular weight is 372 g/mol. The molecule has 0 aliphatic carbocycles. The Bertz CT molecular complexity index is 784. The van der Waals surface area contributed by atoms with E-state index in [1.807, 2.05) is 0 Å². The number of aromatic nitrogens is 1. The van der Waals surface area contributed by atoms with Gasteiger partial charge >= 0.3 is 0 Å². The second kappa shape index (κ2) is 7.78. The van der Waals surface area contributed by atoms with Gasteiger partial charge in [0.1, 0.15) is 5.82 Å². The summed E-state index contributed by atoms with van der Waals surface area (Å²) in [6.07, 6.45) is 0.879. The smallest absolute Gasteiger partial charge is 0.276 e. The highest BCUT2D eigenvalue weighted by Crippen LogP contribution is 2.34. The molecule has 0 radical (unpaired) electrons. The van der Waals surface area contributed by atoms with Gasteiger partial charge in [-0.3, -0.25) is 9.69 Å². The highest BCUT2D eigenvalue weighted by atomic mass is 19.1. The summed E-state index contributed by atoms with van der Waals surface area (Å²) in [6.45, 7) is 8.74. The Labute approximate surface area is 158 Å². The molecule has 6 nitrogen and oxygen atoms in total. The molecule has 27 heavy (non-hydrogen) atoms. The van der Waals surface area contributed by atoms with Crippen LogP contribution in [-0.2, 0) is 6.54 Å². The predicted molar refractivity (Wildman–Crippen MR) is 98.7 cm³/mol. The topological polar surface area (TPSA) is 52.8 Å². The van der Waals surface area contributed by atoms with Crippen LogP contribution in [0.3, 0.4) is 0 Å². The molecule has 144 valence electrons. The molecular weight excluding hydrogens is 347 g/mol. The maximum atomic E-state index is 13.1. The second-order valence-electron chi connectivity index (χ2n) is 7.24. The number of piperazine rings is 1. The molecule has 1 aromatic heterocycles. The first-order chi connectivity index (χ1) is 13.1. The number of likely N-dealkylation sites (tertiary alicyclic amines) is 1. The summed E-state index contributed by atoms with van der Waals surface area (Å²) in [6, 6.07) is 8.09. The van der Waals surface area contributed by atoms with Gasteiger partial charge in [-0.25, -0.2) is 4.39 Å². The van der Waals surface area contributed by atoms with E-state index in [-0.39, 0.29) is 17.8 Å². The van der Waals surface area contributed by atoms with Crippen LogP contribution in [-0.4, -0.2) is 65.0 Å². The summed E-state index contributed by atoms with van der Waals surface area (Å²) in [4.78, 5) is 19.3. The van der Waals surface area contributed by atoms with Crippen LogP contribution in [0.4, 0.5) is 4.39 Å². The fourth-order valence-electron chi connectivity index (χ4n) is 3.78. The van der Waals surface area contributed by atoms with E-state index in [0.29, 0.717) is 18.8 Å². The standard InChI is InChI=1S/C20H25FN4O2/c1-2-23-9-11-24(12-10-23)14-17-13-18(22-27-17)20(26)25-8-7-19(25)15-3-5-16(21)6-4-15/h3-6,13,19H,2,7-12,14H2,1H3/t19-/m0/s1. The van der Waals surface area contributed by atoms with Crippen molar-refractivity contribution in [2.75, 3.05) is 39.3 Å². The van der Waals surface area contributed by atoms with E-state index in [9.17, 15) is 9.18 Å². The molecule has 2 aliphatic rings. The molecule has 4 rings (SSSR count). The summed E-state index contributed by atoms with van der Waals surface area (Å²) < 4.78 is 18.5. The number of carbonyl (C=O) groups is 1. The number of hydrogen-bond donors (Lipinski definition) is 0. The number of rotatable bonds is 5. The summed E-state index contributed by atoms with van der Waals surface area (Å²) in [5.74, 6) is 0.334. The lowest BCUT2D eigenvalue weighted by atomic mass is 9.94. The largest absolute Gasteiger partial charge is 0.359 e. The van der Waals surface area contributed by atoms with Crippen LogP contribution in [0.5, 0.6) is 0 Å². The van der Waals surface area contributed by atoms with E-state index in [1.54, 1.807) is 23.1 Å². The Morgan fingerprint density at radius 3 is 2.48 bits per heavy atom. The molecule has 2 aliphatic heterocycles. The Morgan fingerprint density at radius 2 is 1.85 bits per heavy atom. The Hall–Kier alpha value is -2.25. The fraction of sp³-hybridized carbons (Fsp3) is 0.500. The van der Waals surface area contributed by atoms with Gasteiger partial charge in [-0.2, -0.15) is 0 Å². The predicted octanol–water partition coefficient (Wildman–Crippen LogP) is 2.54. The zero-order valence-corrected chi connectivity index (χ0v) is 15.6. The minimum Gasteiger partial charge on any atom is -0.359 e. The third kappa shape index (κ3) is 3.89. The number of hydrogen-bond acceptors (Lipinski definition) is 5. The molecule has 0 spiro atoms. The molecule has 0 bridgehead atoms. The van der Waals surface area contributed by atoms with Crippen molar-refractivity contribution >= 4 is 5.91 Å². The molecule has 2 saturated heterocycles. The van der Waals surface area contributed by atoms with Crippen LogP contribution in [0, 0.1) is 5.82 Å². The third-order valence-electron chi connectivity index (χ3n) is 5.60. The van der Waals surface area contributed by atoms with Gasteiger partial charge in [-0.15, -0.1) is 0 Å². The number of carbonyl (C=O) groups excluding carboxylic acids is 1. The number of halogens is 1. The monoisotopic (exact) mass is 372 g/mol. The highest BCUT2D eigenvalue weighted by Gasteiger charge is 2.35. The van der Waals surface area contributed by atoms with Crippen molar-refractivity contribution in [3.05, 3.63) is 53.2 Å². The van der Waals surface area contributed by atoms with E-state index < -0.39 is 0 Å². The molecule has 2 fully saturated rings. The minimum absolute atomic E-state index is 0.0135. The highest BCUT2D eigenvalue weighted by molar-refractivity contribution is 5.93. The van der Waals surface area contributed by atoms with Gasteiger partial charge in [0, 0.05) is 38.8 Å². The van der Waals surface area contributed by atoms with Crippen molar-refractivity contribution in [3.8, 4) is 0 Å². The maximum absolute atomic E-state index is 13.1. The SMILES string of the molecule is CCN1CCN(Cc2cc(C(=O)N3CC[C@H]3c3ccc(F)cc3)no2)CC1. The van der Waals surface area contributed by atoms with Gasteiger partial charge in [0.05, 0.1) is 12.6 Å². The van der Waals surface area contributed by atoms with Crippen LogP contribution in [0.1, 0.15) is 41.2 Å². The normalized spacial score (nSPS) is 21.3. The lowest BCUT2D eigenvalue weighted by Crippen LogP contribution is -2.45. The molecular formula is C20H25FN4O2. The zero-order chi connectivity index (χ0) is 18.8. The number of benzene rings is 1. The average Bonchev–Trinajstić information content (AvgIpc) is 3.12. The molecule has 1 aromatic carbocycles. The molecule has 0 saturated carbocycles. The first-order valence-electron chi connectivity index (χ1n) is 9.61. The van der Waals surface area contributed by atoms with E-state index in [0.717, 1.165) is 50.5 Å². The lowest BCUT2D eigenvalue weighted by molar-refractivity contribution is 0.0449. The van der Waals surface area contributed by atoms with Crippen LogP contribution in [0.2, 0.25) is 0 Å². The summed E-state index contributed by atoms with van der Waals surface area (Å²) >= 11 is 0. The van der Waals surface area contributed by atoms with E-state index in [1.165, 1.54) is 12.1 Å². The van der Waals surface area contributed by atoms with Crippen molar-refractivity contribution < 1.29 is 13.7 Å². The number of nitrogens with zero attached hydrogens (tertiary/aromatic N) is 4. The summed E-state index contributed by atoms with van der Waals surface area (Å²) in [7, 11) is 0. The molecule has 0 N–H and O–H groups in total.